The van der Waals surface area contributed by atoms with E-state index in [4.69, 9.17) is 5.41 Å². The number of aliphatic imine (C=N–C) groups is 1. The third-order valence-electron chi connectivity index (χ3n) is 1.12. The Kier molecular flexibility index (Phi) is 4.10. The van der Waals surface area contributed by atoms with E-state index >= 15 is 0 Å². The number of nitrogens with one attached hydrogen (secondary N) is 1. The lowest BCUT2D eigenvalue weighted by Crippen LogP contribution is -2.18. The molecule has 0 rings (SSSR count). The summed E-state index contributed by atoms with van der Waals surface area (Å²) >= 11 is 0. The quantitative estimate of drug-likeness (QED) is 0.482. The van der Waals surface area contributed by atoms with Crippen LogP contribution in [0.3, 0.4) is 0 Å². The van der Waals surface area contributed by atoms with Crippen LogP contribution in [0.25, 0.3) is 0 Å². The molecule has 1 N–H and O–H groups in total. The summed E-state index contributed by atoms with van der Waals surface area (Å²) < 4.78 is 4.44. The molecular weight excluding hydrogens is 144 g/mol. The van der Waals surface area contributed by atoms with Gasteiger partial charge in [0.2, 0.25) is 0 Å². The topological polar surface area (TPSA) is 62.5 Å². The van der Waals surface area contributed by atoms with Gasteiger partial charge >= 0.3 is 5.97 Å². The van der Waals surface area contributed by atoms with Crippen LogP contribution in [0.15, 0.2) is 4.99 Å². The number of nitrogens with zero attached hydrogens (tertiary/aromatic N) is 1. The number of methoxy groups -OCH3 is 1. The maximum Gasteiger partial charge on any atom is 0.352 e. The second kappa shape index (κ2) is 4.60. The number of rotatable bonds is 3. The van der Waals surface area contributed by atoms with Gasteiger partial charge in [0.15, 0.2) is 0 Å². The van der Waals surface area contributed by atoms with Gasteiger partial charge in [0.25, 0.3) is 0 Å². The molecule has 0 aliphatic carbocycles. The molecule has 11 heavy (non-hydrogen) atoms. The maximum atomic E-state index is 10.8. The van der Waals surface area contributed by atoms with Crippen LogP contribution in [0.1, 0.15) is 13.3 Å². The highest BCUT2D eigenvalue weighted by Gasteiger charge is 2.10. The van der Waals surface area contributed by atoms with Crippen molar-refractivity contribution in [3.05, 3.63) is 0 Å². The summed E-state index contributed by atoms with van der Waals surface area (Å²) in [5.41, 5.74) is 0.691. The van der Waals surface area contributed by atoms with Gasteiger partial charge in [0.1, 0.15) is 5.71 Å². The number of carbonyl (C=O) groups is 1. The second-order valence-electron chi connectivity index (χ2n) is 2.12. The van der Waals surface area contributed by atoms with Crippen molar-refractivity contribution in [2.45, 2.75) is 13.3 Å². The zero-order valence-corrected chi connectivity index (χ0v) is 6.97. The van der Waals surface area contributed by atoms with Crippen LogP contribution in [0.5, 0.6) is 0 Å². The SMILES string of the molecule is CN=C(CC(C)=N)C(=O)OC. The molecule has 0 aromatic heterocycles. The summed E-state index contributed by atoms with van der Waals surface area (Å²) in [5, 5.41) is 7.11. The fourth-order valence-corrected chi connectivity index (χ4v) is 0.611. The molecule has 0 bridgehead atoms. The fourth-order valence-electron chi connectivity index (χ4n) is 0.611. The molecule has 0 unspecified atom stereocenters. The molecule has 62 valence electrons. The molecule has 0 atom stereocenters. The minimum Gasteiger partial charge on any atom is -0.465 e. The minimum atomic E-state index is -0.459. The first-order valence-electron chi connectivity index (χ1n) is 3.19. The number of hydrogen-bond donors (Lipinski definition) is 1. The van der Waals surface area contributed by atoms with Crippen LogP contribution in [0.4, 0.5) is 0 Å². The zero-order chi connectivity index (χ0) is 8.85. The molecule has 0 aromatic carbocycles. The van der Waals surface area contributed by atoms with Crippen molar-refractivity contribution >= 4 is 17.4 Å². The first kappa shape index (κ1) is 9.81. The molecule has 4 heteroatoms. The maximum absolute atomic E-state index is 10.8. The lowest BCUT2D eigenvalue weighted by Gasteiger charge is -2.00. The van der Waals surface area contributed by atoms with Crippen molar-refractivity contribution in [1.82, 2.24) is 0 Å². The summed E-state index contributed by atoms with van der Waals surface area (Å²) in [5.74, 6) is -0.459. The fraction of sp³-hybridized carbons (Fsp3) is 0.571. The van der Waals surface area contributed by atoms with Gasteiger partial charge in [-0.3, -0.25) is 4.99 Å². The van der Waals surface area contributed by atoms with Crippen LogP contribution in [-0.2, 0) is 9.53 Å². The highest BCUT2D eigenvalue weighted by Crippen LogP contribution is 1.91. The van der Waals surface area contributed by atoms with Crippen LogP contribution in [0.2, 0.25) is 0 Å². The summed E-state index contributed by atoms with van der Waals surface area (Å²) in [6.07, 6.45) is 0.267. The molecule has 0 saturated carbocycles. The molecule has 0 aliphatic rings. The average molecular weight is 156 g/mol. The molecule has 0 amide bonds. The predicted octanol–water partition coefficient (Wildman–Crippen LogP) is 0.660. The molecule has 0 aliphatic heterocycles. The third-order valence-corrected chi connectivity index (χ3v) is 1.12. The van der Waals surface area contributed by atoms with Crippen molar-refractivity contribution in [2.24, 2.45) is 4.99 Å². The smallest absolute Gasteiger partial charge is 0.352 e. The van der Waals surface area contributed by atoms with Crippen molar-refractivity contribution < 1.29 is 9.53 Å². The molecular formula is C7H12N2O2. The van der Waals surface area contributed by atoms with E-state index in [0.29, 0.717) is 11.4 Å². The number of ether oxygens (including phenoxy) is 1. The van der Waals surface area contributed by atoms with Gasteiger partial charge in [0.05, 0.1) is 7.11 Å². The summed E-state index contributed by atoms with van der Waals surface area (Å²) in [4.78, 5) is 14.5. The van der Waals surface area contributed by atoms with E-state index in [0.717, 1.165) is 0 Å². The Hall–Kier alpha value is -1.19. The van der Waals surface area contributed by atoms with Crippen molar-refractivity contribution in [2.75, 3.05) is 14.2 Å². The van der Waals surface area contributed by atoms with E-state index in [2.05, 4.69) is 9.73 Å². The molecule has 0 fully saturated rings. The normalized spacial score (nSPS) is 11.0. The second-order valence-corrected chi connectivity index (χ2v) is 2.12. The number of carbonyl (C=O) groups excluding carboxylic acids is 1. The van der Waals surface area contributed by atoms with Gasteiger partial charge in [-0.15, -0.1) is 0 Å². The van der Waals surface area contributed by atoms with Crippen molar-refractivity contribution in [1.29, 1.82) is 5.41 Å². The highest BCUT2D eigenvalue weighted by molar-refractivity contribution is 6.39. The first-order chi connectivity index (χ1) is 5.11. The third kappa shape index (κ3) is 3.50. The van der Waals surface area contributed by atoms with Crippen LogP contribution in [0, 0.1) is 5.41 Å². The van der Waals surface area contributed by atoms with Gasteiger partial charge in [-0.25, -0.2) is 4.79 Å². The zero-order valence-electron chi connectivity index (χ0n) is 6.97. The minimum absolute atomic E-state index is 0.267. The molecule has 0 aromatic rings. The predicted molar refractivity (Wildman–Crippen MR) is 43.4 cm³/mol. The van der Waals surface area contributed by atoms with Crippen LogP contribution >= 0.6 is 0 Å². The van der Waals surface area contributed by atoms with Gasteiger partial charge in [-0.1, -0.05) is 0 Å². The number of hydrogen-bond acceptors (Lipinski definition) is 4. The Morgan fingerprint density at radius 2 is 2.18 bits per heavy atom. The van der Waals surface area contributed by atoms with Gasteiger partial charge in [-0.05, 0) is 6.92 Å². The van der Waals surface area contributed by atoms with E-state index in [1.54, 1.807) is 6.92 Å². The van der Waals surface area contributed by atoms with E-state index < -0.39 is 5.97 Å². The van der Waals surface area contributed by atoms with Crippen LogP contribution in [-0.4, -0.2) is 31.6 Å². The Bertz CT molecular complexity index is 197. The Morgan fingerprint density at radius 3 is 2.45 bits per heavy atom. The summed E-state index contributed by atoms with van der Waals surface area (Å²) in [6, 6.07) is 0. The highest BCUT2D eigenvalue weighted by atomic mass is 16.5. The van der Waals surface area contributed by atoms with Gasteiger partial charge in [-0.2, -0.15) is 0 Å². The Morgan fingerprint density at radius 1 is 1.64 bits per heavy atom. The van der Waals surface area contributed by atoms with Crippen molar-refractivity contribution in [3.8, 4) is 0 Å². The van der Waals surface area contributed by atoms with E-state index in [-0.39, 0.29) is 6.42 Å². The Labute approximate surface area is 65.8 Å². The average Bonchev–Trinajstić information content (AvgIpc) is 1.98. The first-order valence-corrected chi connectivity index (χ1v) is 3.19. The largest absolute Gasteiger partial charge is 0.465 e. The monoisotopic (exact) mass is 156 g/mol. The van der Waals surface area contributed by atoms with Gasteiger partial charge in [0, 0.05) is 19.2 Å². The number of esters is 1. The van der Waals surface area contributed by atoms with Gasteiger partial charge < -0.3 is 10.1 Å². The Balaban J connectivity index is 4.20. The molecule has 0 heterocycles. The van der Waals surface area contributed by atoms with E-state index in [1.165, 1.54) is 14.2 Å². The summed E-state index contributed by atoms with van der Waals surface area (Å²) in [6.45, 7) is 1.62. The molecule has 0 radical (unpaired) electrons. The molecule has 4 nitrogen and oxygen atoms in total. The summed E-state index contributed by atoms with van der Waals surface area (Å²) in [7, 11) is 2.81. The van der Waals surface area contributed by atoms with Crippen molar-refractivity contribution in [3.63, 3.8) is 0 Å². The lowest BCUT2D eigenvalue weighted by atomic mass is 10.2. The molecule has 0 saturated heterocycles. The van der Waals surface area contributed by atoms with E-state index in [1.807, 2.05) is 0 Å². The van der Waals surface area contributed by atoms with Crippen LogP contribution < -0.4 is 0 Å². The standard InChI is InChI=1S/C7H12N2O2/c1-5(8)4-6(9-2)7(10)11-3/h8H,4H2,1-3H3. The lowest BCUT2D eigenvalue weighted by molar-refractivity contribution is -0.132. The van der Waals surface area contributed by atoms with E-state index in [9.17, 15) is 4.79 Å². The molecule has 0 spiro atoms.